The van der Waals surface area contributed by atoms with Gasteiger partial charge >= 0.3 is 11.9 Å². The van der Waals surface area contributed by atoms with Crippen molar-refractivity contribution in [2.75, 3.05) is 0 Å². The number of carboxylic acids is 1. The molecule has 53 heavy (non-hydrogen) atoms. The second kappa shape index (κ2) is 14.4. The number of rotatable bonds is 9. The quantitative estimate of drug-likeness (QED) is 0.230. The lowest BCUT2D eigenvalue weighted by molar-refractivity contribution is -0.183. The second-order valence-corrected chi connectivity index (χ2v) is 22.5. The molecular formula is C48H78O5. The van der Waals surface area contributed by atoms with Crippen molar-refractivity contribution in [3.05, 3.63) is 0 Å². The third-order valence-corrected chi connectivity index (χ3v) is 20.7. The van der Waals surface area contributed by atoms with Gasteiger partial charge in [-0.05, 0) is 208 Å². The highest BCUT2D eigenvalue weighted by Gasteiger charge is 2.64. The average Bonchev–Trinajstić information content (AvgIpc) is 3.67. The molecule has 8 saturated carbocycles. The number of hydrogen-bond donors (Lipinski definition) is 2. The molecule has 8 fully saturated rings. The van der Waals surface area contributed by atoms with Gasteiger partial charge in [0.1, 0.15) is 6.10 Å². The lowest BCUT2D eigenvalue weighted by atomic mass is 9.43. The standard InChI is InChI=1S/C48H78O5/c1-29(10-18-42(50)51)36-15-17-39-44-40(22-26-48(36,39)6)46(4)24-20-33(27-32(46)28-41(44)49)53-43(52)19-11-30(2)35-14-16-37-34-13-12-31-9-7-8-23-45(31,3)38(34)21-25-47(35,37)5/h29-41,44,49H,7-28H2,1-6H3,(H,50,51)/t29-,30-,31?,32?,33-,34?,35-,36-,37?,38?,39+,40+,41-,44+,45+,46+,47-,48-/m1/s1. The Morgan fingerprint density at radius 1 is 0.623 bits per heavy atom. The molecule has 0 heterocycles. The van der Waals surface area contributed by atoms with Crippen LogP contribution in [0.3, 0.4) is 0 Å². The SMILES string of the molecule is C[C@H](CCC(=O)O)[C@H]1CC[C@H]2[C@@H]3[C@H](O)CC4C[C@H](OC(=O)CC[C@@H](C)[C@H]5CCC6C7CCC8CCCC[C@]8(C)C7CC[C@@]65C)CC[C@]4(C)[C@H]3CC[C@]12C. The summed E-state index contributed by atoms with van der Waals surface area (Å²) in [5.41, 5.74) is 1.46. The first-order chi connectivity index (χ1) is 25.2. The highest BCUT2D eigenvalue weighted by molar-refractivity contribution is 5.69. The van der Waals surface area contributed by atoms with E-state index in [2.05, 4.69) is 41.5 Å². The number of aliphatic hydroxyl groups excluding tert-OH is 1. The number of ether oxygens (including phenoxy) is 1. The largest absolute Gasteiger partial charge is 0.481 e. The first-order valence-electron chi connectivity index (χ1n) is 23.3. The van der Waals surface area contributed by atoms with Crippen LogP contribution in [0.25, 0.3) is 0 Å². The van der Waals surface area contributed by atoms with Crippen LogP contribution in [-0.4, -0.2) is 34.4 Å². The lowest BCUT2D eigenvalue weighted by Gasteiger charge is -2.62. The van der Waals surface area contributed by atoms with Crippen molar-refractivity contribution in [3.63, 3.8) is 0 Å². The summed E-state index contributed by atoms with van der Waals surface area (Å²) in [6.07, 6.45) is 25.3. The maximum Gasteiger partial charge on any atom is 0.306 e. The van der Waals surface area contributed by atoms with Gasteiger partial charge in [-0.2, -0.15) is 0 Å². The summed E-state index contributed by atoms with van der Waals surface area (Å²) in [5.74, 6) is 7.23. The van der Waals surface area contributed by atoms with Gasteiger partial charge in [-0.15, -0.1) is 0 Å². The van der Waals surface area contributed by atoms with E-state index < -0.39 is 5.97 Å². The Morgan fingerprint density at radius 3 is 1.92 bits per heavy atom. The van der Waals surface area contributed by atoms with E-state index in [9.17, 15) is 19.8 Å². The molecule has 300 valence electrons. The predicted molar refractivity (Wildman–Crippen MR) is 211 cm³/mol. The molecule has 2 N–H and O–H groups in total. The fourth-order valence-electron chi connectivity index (χ4n) is 17.9. The number of carbonyl (C=O) groups is 2. The van der Waals surface area contributed by atoms with Crippen molar-refractivity contribution in [1.29, 1.82) is 0 Å². The number of aliphatic hydroxyl groups is 1. The normalized spacial score (nSPS) is 51.4. The van der Waals surface area contributed by atoms with Gasteiger partial charge in [0, 0.05) is 12.8 Å². The molecule has 0 aromatic rings. The fourth-order valence-corrected chi connectivity index (χ4v) is 17.9. The van der Waals surface area contributed by atoms with Crippen LogP contribution >= 0.6 is 0 Å². The second-order valence-electron chi connectivity index (χ2n) is 22.5. The van der Waals surface area contributed by atoms with Crippen LogP contribution in [0.5, 0.6) is 0 Å². The third-order valence-electron chi connectivity index (χ3n) is 20.7. The third kappa shape index (κ3) is 6.40. The molecule has 5 unspecified atom stereocenters. The summed E-state index contributed by atoms with van der Waals surface area (Å²) in [6, 6.07) is 0. The first kappa shape index (κ1) is 38.8. The zero-order chi connectivity index (χ0) is 37.5. The Labute approximate surface area is 323 Å². The van der Waals surface area contributed by atoms with Crippen LogP contribution in [-0.2, 0) is 14.3 Å². The van der Waals surface area contributed by atoms with Crippen LogP contribution < -0.4 is 0 Å². The van der Waals surface area contributed by atoms with E-state index in [0.29, 0.717) is 58.7 Å². The molecule has 0 spiro atoms. The summed E-state index contributed by atoms with van der Waals surface area (Å²) in [4.78, 5) is 24.8. The average molecular weight is 735 g/mol. The molecule has 0 bridgehead atoms. The van der Waals surface area contributed by atoms with Gasteiger partial charge in [-0.1, -0.05) is 54.4 Å². The summed E-state index contributed by atoms with van der Waals surface area (Å²) in [6.45, 7) is 15.1. The van der Waals surface area contributed by atoms with Crippen LogP contribution in [0, 0.1) is 92.7 Å². The molecule has 18 atom stereocenters. The molecule has 0 aliphatic heterocycles. The van der Waals surface area contributed by atoms with E-state index in [1.807, 2.05) is 0 Å². The number of esters is 1. The fraction of sp³-hybridized carbons (Fsp3) is 0.958. The van der Waals surface area contributed by atoms with Crippen molar-refractivity contribution in [1.82, 2.24) is 0 Å². The van der Waals surface area contributed by atoms with Gasteiger partial charge in [-0.25, -0.2) is 0 Å². The highest BCUT2D eigenvalue weighted by atomic mass is 16.5. The number of carbonyl (C=O) groups excluding carboxylic acids is 1. The van der Waals surface area contributed by atoms with E-state index in [4.69, 9.17) is 4.74 Å². The minimum atomic E-state index is -0.684. The van der Waals surface area contributed by atoms with Gasteiger partial charge in [0.2, 0.25) is 0 Å². The molecule has 8 aliphatic carbocycles. The number of hydrogen-bond acceptors (Lipinski definition) is 4. The Morgan fingerprint density at radius 2 is 1.21 bits per heavy atom. The zero-order valence-electron chi connectivity index (χ0n) is 34.8. The number of carboxylic acid groups (broad SMARTS) is 1. The molecule has 0 radical (unpaired) electrons. The Hall–Kier alpha value is -1.10. The molecule has 5 heteroatoms. The molecule has 8 aliphatic rings. The molecule has 8 rings (SSSR count). The topological polar surface area (TPSA) is 83.8 Å². The van der Waals surface area contributed by atoms with E-state index in [0.717, 1.165) is 68.1 Å². The van der Waals surface area contributed by atoms with Crippen LogP contribution in [0.1, 0.15) is 183 Å². The van der Waals surface area contributed by atoms with Crippen molar-refractivity contribution in [3.8, 4) is 0 Å². The smallest absolute Gasteiger partial charge is 0.306 e. The van der Waals surface area contributed by atoms with Crippen LogP contribution in [0.4, 0.5) is 0 Å². The first-order valence-corrected chi connectivity index (χ1v) is 23.3. The van der Waals surface area contributed by atoms with E-state index in [-0.39, 0.29) is 35.4 Å². The molecule has 0 saturated heterocycles. The van der Waals surface area contributed by atoms with E-state index in [1.165, 1.54) is 89.9 Å². The van der Waals surface area contributed by atoms with Crippen molar-refractivity contribution in [2.45, 2.75) is 195 Å². The van der Waals surface area contributed by atoms with E-state index >= 15 is 0 Å². The predicted octanol–water partition coefficient (Wildman–Crippen LogP) is 11.5. The summed E-state index contributed by atoms with van der Waals surface area (Å²) in [7, 11) is 0. The van der Waals surface area contributed by atoms with Gasteiger partial charge in [0.25, 0.3) is 0 Å². The summed E-state index contributed by atoms with van der Waals surface area (Å²) < 4.78 is 6.34. The Bertz CT molecular complexity index is 1360. The maximum atomic E-state index is 13.5. The maximum absolute atomic E-state index is 13.5. The summed E-state index contributed by atoms with van der Waals surface area (Å²) in [5, 5.41) is 21.2. The highest BCUT2D eigenvalue weighted by Crippen LogP contribution is 2.70. The zero-order valence-corrected chi connectivity index (χ0v) is 34.8. The Kier molecular flexibility index (Phi) is 10.5. The van der Waals surface area contributed by atoms with E-state index in [1.54, 1.807) is 0 Å². The van der Waals surface area contributed by atoms with Crippen molar-refractivity contribution >= 4 is 11.9 Å². The van der Waals surface area contributed by atoms with Crippen LogP contribution in [0.15, 0.2) is 0 Å². The van der Waals surface area contributed by atoms with Gasteiger partial charge in [0.15, 0.2) is 0 Å². The molecule has 5 nitrogen and oxygen atoms in total. The van der Waals surface area contributed by atoms with Crippen LogP contribution in [0.2, 0.25) is 0 Å². The Balaban J connectivity index is 0.840. The van der Waals surface area contributed by atoms with Crippen molar-refractivity contribution in [2.24, 2.45) is 92.7 Å². The summed E-state index contributed by atoms with van der Waals surface area (Å²) >= 11 is 0. The minimum Gasteiger partial charge on any atom is -0.481 e. The monoisotopic (exact) mass is 735 g/mol. The molecule has 0 amide bonds. The number of aliphatic carboxylic acids is 1. The minimum absolute atomic E-state index is 0.000584. The van der Waals surface area contributed by atoms with Gasteiger partial charge in [-0.3, -0.25) is 9.59 Å². The van der Waals surface area contributed by atoms with Gasteiger partial charge < -0.3 is 14.9 Å². The van der Waals surface area contributed by atoms with Crippen molar-refractivity contribution < 1.29 is 24.5 Å². The lowest BCUT2D eigenvalue weighted by Crippen LogP contribution is -2.58. The molecule has 0 aromatic heterocycles. The molecular weight excluding hydrogens is 657 g/mol. The molecule has 0 aromatic carbocycles. The van der Waals surface area contributed by atoms with Gasteiger partial charge in [0.05, 0.1) is 6.10 Å². The number of fused-ring (bicyclic) bond motifs is 10.